The Morgan fingerprint density at radius 2 is 1.88 bits per heavy atom. The molecule has 0 aliphatic carbocycles. The first-order valence-corrected chi connectivity index (χ1v) is 5.64. The molecular formula is C11H22N2O4. The van der Waals surface area contributed by atoms with Gasteiger partial charge in [0.15, 0.2) is 0 Å². The molecular weight excluding hydrogens is 224 g/mol. The van der Waals surface area contributed by atoms with Crippen molar-refractivity contribution in [3.8, 4) is 0 Å². The van der Waals surface area contributed by atoms with Gasteiger partial charge in [-0.2, -0.15) is 0 Å². The normalized spacial score (nSPS) is 12.9. The van der Waals surface area contributed by atoms with Crippen LogP contribution in [-0.4, -0.2) is 41.4 Å². The fraction of sp³-hybridized carbons (Fsp3) is 0.818. The molecule has 0 aromatic heterocycles. The third-order valence-electron chi connectivity index (χ3n) is 2.18. The second-order valence-corrected chi connectivity index (χ2v) is 5.11. The van der Waals surface area contributed by atoms with Gasteiger partial charge in [0.05, 0.1) is 0 Å². The standard InChI is InChI=1S/C11H22N2O4/c1-11(2,3)5-6-12-10(17)13-8(4-7-14)9(15)16/h8,14H,4-7H2,1-3H3,(H,15,16)(H2,12,13,17). The van der Waals surface area contributed by atoms with Crippen LogP contribution in [0.4, 0.5) is 4.79 Å². The summed E-state index contributed by atoms with van der Waals surface area (Å²) < 4.78 is 0. The van der Waals surface area contributed by atoms with Crippen molar-refractivity contribution in [2.75, 3.05) is 13.2 Å². The molecule has 0 rings (SSSR count). The van der Waals surface area contributed by atoms with E-state index in [0.717, 1.165) is 6.42 Å². The van der Waals surface area contributed by atoms with E-state index in [1.807, 2.05) is 0 Å². The fourth-order valence-electron chi connectivity index (χ4n) is 1.15. The molecule has 100 valence electrons. The second-order valence-electron chi connectivity index (χ2n) is 5.11. The summed E-state index contributed by atoms with van der Waals surface area (Å²) >= 11 is 0. The van der Waals surface area contributed by atoms with Gasteiger partial charge in [-0.3, -0.25) is 0 Å². The van der Waals surface area contributed by atoms with Crippen LogP contribution < -0.4 is 10.6 Å². The van der Waals surface area contributed by atoms with Crippen LogP contribution in [0.5, 0.6) is 0 Å². The Morgan fingerprint density at radius 1 is 1.29 bits per heavy atom. The third-order valence-corrected chi connectivity index (χ3v) is 2.18. The van der Waals surface area contributed by atoms with Gasteiger partial charge in [0, 0.05) is 19.6 Å². The maximum atomic E-state index is 11.4. The number of aliphatic hydroxyl groups is 1. The molecule has 0 aromatic rings. The molecule has 4 N–H and O–H groups in total. The molecule has 17 heavy (non-hydrogen) atoms. The summed E-state index contributed by atoms with van der Waals surface area (Å²) in [6, 6.07) is -1.57. The number of carbonyl (C=O) groups is 2. The smallest absolute Gasteiger partial charge is 0.326 e. The Kier molecular flexibility index (Phi) is 6.57. The number of hydrogen-bond acceptors (Lipinski definition) is 3. The minimum atomic E-state index is -1.15. The van der Waals surface area contributed by atoms with Gasteiger partial charge in [0.25, 0.3) is 0 Å². The summed E-state index contributed by atoms with van der Waals surface area (Å²) in [5, 5.41) is 22.3. The molecule has 6 heteroatoms. The highest BCUT2D eigenvalue weighted by atomic mass is 16.4. The summed E-state index contributed by atoms with van der Waals surface area (Å²) in [5.41, 5.74) is 0.116. The highest BCUT2D eigenvalue weighted by Crippen LogP contribution is 2.16. The SMILES string of the molecule is CC(C)(C)CCNC(=O)NC(CCO)C(=O)O. The molecule has 0 saturated carbocycles. The number of rotatable bonds is 6. The van der Waals surface area contributed by atoms with E-state index < -0.39 is 18.0 Å². The van der Waals surface area contributed by atoms with Gasteiger partial charge < -0.3 is 20.8 Å². The number of urea groups is 1. The quantitative estimate of drug-likeness (QED) is 0.550. The minimum Gasteiger partial charge on any atom is -0.480 e. The molecule has 0 spiro atoms. The van der Waals surface area contributed by atoms with Crippen molar-refractivity contribution < 1.29 is 19.8 Å². The van der Waals surface area contributed by atoms with Crippen LogP contribution in [0.2, 0.25) is 0 Å². The molecule has 0 aromatic carbocycles. The van der Waals surface area contributed by atoms with Crippen molar-refractivity contribution in [3.05, 3.63) is 0 Å². The highest BCUT2D eigenvalue weighted by molar-refractivity contribution is 5.82. The summed E-state index contributed by atoms with van der Waals surface area (Å²) in [4.78, 5) is 22.1. The monoisotopic (exact) mass is 246 g/mol. The van der Waals surface area contributed by atoms with E-state index in [0.29, 0.717) is 6.54 Å². The van der Waals surface area contributed by atoms with Crippen LogP contribution in [0, 0.1) is 5.41 Å². The average Bonchev–Trinajstić information content (AvgIpc) is 2.14. The molecule has 0 fully saturated rings. The van der Waals surface area contributed by atoms with Gasteiger partial charge in [-0.1, -0.05) is 20.8 Å². The number of amides is 2. The first kappa shape index (κ1) is 15.7. The van der Waals surface area contributed by atoms with Crippen molar-refractivity contribution in [2.24, 2.45) is 5.41 Å². The molecule has 0 saturated heterocycles. The van der Waals surface area contributed by atoms with E-state index in [9.17, 15) is 9.59 Å². The zero-order valence-electron chi connectivity index (χ0n) is 10.6. The molecule has 0 aliphatic heterocycles. The largest absolute Gasteiger partial charge is 0.480 e. The number of carboxylic acid groups (broad SMARTS) is 1. The average molecular weight is 246 g/mol. The van der Waals surface area contributed by atoms with Crippen molar-refractivity contribution in [2.45, 2.75) is 39.7 Å². The topological polar surface area (TPSA) is 98.7 Å². The Bertz CT molecular complexity index is 261. The minimum absolute atomic E-state index is 0.00201. The maximum absolute atomic E-state index is 11.4. The van der Waals surface area contributed by atoms with E-state index in [1.165, 1.54) is 0 Å². The molecule has 6 nitrogen and oxygen atoms in total. The Labute approximate surface area is 101 Å². The lowest BCUT2D eigenvalue weighted by Crippen LogP contribution is -2.46. The van der Waals surface area contributed by atoms with Crippen LogP contribution in [0.3, 0.4) is 0 Å². The Morgan fingerprint density at radius 3 is 2.29 bits per heavy atom. The van der Waals surface area contributed by atoms with E-state index in [-0.39, 0.29) is 18.4 Å². The lowest BCUT2D eigenvalue weighted by atomic mass is 9.92. The molecule has 1 atom stereocenters. The summed E-state index contributed by atoms with van der Waals surface area (Å²) in [5.74, 6) is -1.15. The van der Waals surface area contributed by atoms with Crippen LogP contribution in [0.15, 0.2) is 0 Å². The Balaban J connectivity index is 3.95. The van der Waals surface area contributed by atoms with Gasteiger partial charge in [0.2, 0.25) is 0 Å². The van der Waals surface area contributed by atoms with Crippen LogP contribution in [-0.2, 0) is 4.79 Å². The number of carbonyl (C=O) groups excluding carboxylic acids is 1. The van der Waals surface area contributed by atoms with Crippen LogP contribution >= 0.6 is 0 Å². The summed E-state index contributed by atoms with van der Waals surface area (Å²) in [7, 11) is 0. The van der Waals surface area contributed by atoms with Gasteiger partial charge in [-0.15, -0.1) is 0 Å². The number of carboxylic acids is 1. The summed E-state index contributed by atoms with van der Waals surface area (Å²) in [6.07, 6.45) is 0.806. The predicted octanol–water partition coefficient (Wildman–Crippen LogP) is 0.557. The lowest BCUT2D eigenvalue weighted by molar-refractivity contribution is -0.139. The Hall–Kier alpha value is -1.30. The van der Waals surface area contributed by atoms with E-state index in [1.54, 1.807) is 0 Å². The van der Waals surface area contributed by atoms with Crippen molar-refractivity contribution >= 4 is 12.0 Å². The third kappa shape index (κ3) is 8.50. The van der Waals surface area contributed by atoms with Gasteiger partial charge >= 0.3 is 12.0 Å². The van der Waals surface area contributed by atoms with Gasteiger partial charge in [-0.05, 0) is 11.8 Å². The van der Waals surface area contributed by atoms with E-state index in [4.69, 9.17) is 10.2 Å². The lowest BCUT2D eigenvalue weighted by Gasteiger charge is -2.19. The second kappa shape index (κ2) is 7.11. The summed E-state index contributed by atoms with van der Waals surface area (Å²) in [6.45, 7) is 6.37. The number of aliphatic hydroxyl groups excluding tert-OH is 1. The van der Waals surface area contributed by atoms with E-state index >= 15 is 0 Å². The zero-order chi connectivity index (χ0) is 13.5. The number of nitrogens with one attached hydrogen (secondary N) is 2. The van der Waals surface area contributed by atoms with Gasteiger partial charge in [-0.25, -0.2) is 9.59 Å². The number of hydrogen-bond donors (Lipinski definition) is 4. The van der Waals surface area contributed by atoms with Gasteiger partial charge in [0.1, 0.15) is 6.04 Å². The molecule has 0 radical (unpaired) electrons. The number of aliphatic carboxylic acids is 1. The molecule has 0 bridgehead atoms. The van der Waals surface area contributed by atoms with Crippen LogP contribution in [0.1, 0.15) is 33.6 Å². The highest BCUT2D eigenvalue weighted by Gasteiger charge is 2.19. The van der Waals surface area contributed by atoms with E-state index in [2.05, 4.69) is 31.4 Å². The van der Waals surface area contributed by atoms with Crippen molar-refractivity contribution in [1.82, 2.24) is 10.6 Å². The van der Waals surface area contributed by atoms with Crippen LogP contribution in [0.25, 0.3) is 0 Å². The molecule has 2 amide bonds. The fourth-order valence-corrected chi connectivity index (χ4v) is 1.15. The maximum Gasteiger partial charge on any atom is 0.326 e. The first-order valence-electron chi connectivity index (χ1n) is 5.64. The molecule has 1 unspecified atom stereocenters. The predicted molar refractivity (Wildman–Crippen MR) is 63.7 cm³/mol. The molecule has 0 aliphatic rings. The van der Waals surface area contributed by atoms with Crippen molar-refractivity contribution in [3.63, 3.8) is 0 Å². The first-order chi connectivity index (χ1) is 7.76. The van der Waals surface area contributed by atoms with Crippen molar-refractivity contribution in [1.29, 1.82) is 0 Å². The zero-order valence-corrected chi connectivity index (χ0v) is 10.6. The molecule has 0 heterocycles.